The first-order chi connectivity index (χ1) is 12.2. The average Bonchev–Trinajstić information content (AvgIpc) is 3.01. The van der Waals surface area contributed by atoms with Gasteiger partial charge in [0.1, 0.15) is 0 Å². The van der Waals surface area contributed by atoms with Crippen molar-refractivity contribution < 1.29 is 9.84 Å². The van der Waals surface area contributed by atoms with E-state index >= 15 is 0 Å². The molecule has 0 bridgehead atoms. The van der Waals surface area contributed by atoms with Crippen molar-refractivity contribution in [1.29, 1.82) is 0 Å². The van der Waals surface area contributed by atoms with Crippen LogP contribution in [0.5, 0.6) is 0 Å². The van der Waals surface area contributed by atoms with Crippen LogP contribution < -0.4 is 5.32 Å². The first kappa shape index (κ1) is 15.1. The molecule has 2 N–H and O–H groups in total. The Hall–Kier alpha value is -2.22. The average molecular weight is 339 g/mol. The van der Waals surface area contributed by atoms with E-state index in [1.165, 1.54) is 5.70 Å². The smallest absolute Gasteiger partial charge is 0.234 e. The zero-order valence-electron chi connectivity index (χ0n) is 14.1. The van der Waals surface area contributed by atoms with Crippen LogP contribution in [0, 0.1) is 12.8 Å². The maximum absolute atomic E-state index is 10.4. The standard InChI is InChI=1S/C18H21N5O2/c1-11-8-20-18-21-14(10-23(18)9-11)12-6-13-15(7-16(13)25-17(12)24)22-4-2-19-3-5-22/h6-10,13,16-17,19,24H,2-5H2,1H3/t13-,16?,17?/m0/s1. The number of nitrogens with zero attached hydrogens (tertiary/aromatic N) is 4. The Morgan fingerprint density at radius 3 is 2.92 bits per heavy atom. The SMILES string of the molecule is Cc1cnc2nc(C3=C[C@H]4C(N5CCNCC5)=CC4OC3O)cn2c1. The van der Waals surface area contributed by atoms with Gasteiger partial charge in [-0.25, -0.2) is 9.97 Å². The Morgan fingerprint density at radius 2 is 2.08 bits per heavy atom. The van der Waals surface area contributed by atoms with Crippen LogP contribution in [-0.4, -0.2) is 62.9 Å². The fourth-order valence-electron chi connectivity index (χ4n) is 3.81. The fraction of sp³-hybridized carbons (Fsp3) is 0.444. The number of piperazine rings is 1. The van der Waals surface area contributed by atoms with Gasteiger partial charge in [0.25, 0.3) is 0 Å². The number of aryl methyl sites for hydroxylation is 1. The summed E-state index contributed by atoms with van der Waals surface area (Å²) >= 11 is 0. The predicted octanol–water partition coefficient (Wildman–Crippen LogP) is 0.557. The van der Waals surface area contributed by atoms with Gasteiger partial charge in [-0.15, -0.1) is 0 Å². The number of aromatic nitrogens is 3. The lowest BCUT2D eigenvalue weighted by Crippen LogP contribution is -2.50. The second-order valence-electron chi connectivity index (χ2n) is 6.89. The third-order valence-corrected chi connectivity index (χ3v) is 5.16. The number of imidazole rings is 1. The number of rotatable bonds is 2. The largest absolute Gasteiger partial charge is 0.372 e. The summed E-state index contributed by atoms with van der Waals surface area (Å²) in [5, 5.41) is 13.8. The molecule has 2 aliphatic heterocycles. The summed E-state index contributed by atoms with van der Waals surface area (Å²) in [7, 11) is 0. The maximum Gasteiger partial charge on any atom is 0.234 e. The molecule has 25 heavy (non-hydrogen) atoms. The van der Waals surface area contributed by atoms with Gasteiger partial charge >= 0.3 is 0 Å². The van der Waals surface area contributed by atoms with E-state index in [9.17, 15) is 5.11 Å². The molecule has 2 aromatic heterocycles. The molecule has 5 rings (SSSR count). The molecule has 7 heteroatoms. The van der Waals surface area contributed by atoms with Gasteiger partial charge in [-0.1, -0.05) is 6.08 Å². The van der Waals surface area contributed by atoms with Gasteiger partial charge in [0.05, 0.1) is 11.8 Å². The van der Waals surface area contributed by atoms with Crippen LogP contribution >= 0.6 is 0 Å². The van der Waals surface area contributed by atoms with Crippen molar-refractivity contribution in [3.8, 4) is 0 Å². The molecule has 0 saturated carbocycles. The number of aliphatic hydroxyl groups excluding tert-OH is 1. The summed E-state index contributed by atoms with van der Waals surface area (Å²) in [5.74, 6) is 0.818. The highest BCUT2D eigenvalue weighted by Crippen LogP contribution is 2.41. The fourth-order valence-corrected chi connectivity index (χ4v) is 3.81. The summed E-state index contributed by atoms with van der Waals surface area (Å²) in [5.41, 5.74) is 3.81. The van der Waals surface area contributed by atoms with E-state index in [-0.39, 0.29) is 12.0 Å². The molecule has 130 valence electrons. The van der Waals surface area contributed by atoms with E-state index in [0.29, 0.717) is 5.78 Å². The molecule has 7 nitrogen and oxygen atoms in total. The van der Waals surface area contributed by atoms with Crippen LogP contribution in [0.3, 0.4) is 0 Å². The molecule has 3 atom stereocenters. The van der Waals surface area contributed by atoms with Gasteiger partial charge in [0.2, 0.25) is 5.78 Å². The first-order valence-electron chi connectivity index (χ1n) is 8.73. The third-order valence-electron chi connectivity index (χ3n) is 5.16. The minimum atomic E-state index is -0.951. The first-order valence-corrected chi connectivity index (χ1v) is 8.73. The molecule has 3 aliphatic rings. The number of hydrogen-bond donors (Lipinski definition) is 2. The quantitative estimate of drug-likeness (QED) is 0.833. The highest BCUT2D eigenvalue weighted by atomic mass is 16.6. The summed E-state index contributed by atoms with van der Waals surface area (Å²) in [6, 6.07) is 0. The van der Waals surface area contributed by atoms with Crippen molar-refractivity contribution >= 4 is 11.4 Å². The summed E-state index contributed by atoms with van der Waals surface area (Å²) in [6.07, 6.45) is 8.93. The van der Waals surface area contributed by atoms with E-state index in [0.717, 1.165) is 43.0 Å². The van der Waals surface area contributed by atoms with Gasteiger partial charge in [0.15, 0.2) is 6.29 Å². The summed E-state index contributed by atoms with van der Waals surface area (Å²) in [6.45, 7) is 6.03. The lowest BCUT2D eigenvalue weighted by atomic mass is 9.81. The Morgan fingerprint density at radius 1 is 1.24 bits per heavy atom. The topological polar surface area (TPSA) is 74.9 Å². The van der Waals surface area contributed by atoms with Gasteiger partial charge < -0.3 is 20.1 Å². The third kappa shape index (κ3) is 2.47. The summed E-state index contributed by atoms with van der Waals surface area (Å²) in [4.78, 5) is 11.3. The molecule has 1 saturated heterocycles. The molecule has 2 unspecified atom stereocenters. The molecule has 1 fully saturated rings. The van der Waals surface area contributed by atoms with Gasteiger partial charge in [-0.2, -0.15) is 0 Å². The van der Waals surface area contributed by atoms with Crippen LogP contribution in [0.2, 0.25) is 0 Å². The normalized spacial score (nSPS) is 29.0. The number of aliphatic hydroxyl groups is 1. The van der Waals surface area contributed by atoms with Crippen molar-refractivity contribution in [3.05, 3.63) is 47.7 Å². The van der Waals surface area contributed by atoms with Gasteiger partial charge in [0, 0.05) is 62.0 Å². The molecular weight excluding hydrogens is 318 g/mol. The highest BCUT2D eigenvalue weighted by Gasteiger charge is 2.41. The van der Waals surface area contributed by atoms with Crippen LogP contribution in [0.25, 0.3) is 11.4 Å². The molecule has 0 radical (unpaired) electrons. The lowest BCUT2D eigenvalue weighted by molar-refractivity contribution is -0.110. The van der Waals surface area contributed by atoms with Crippen molar-refractivity contribution in [2.24, 2.45) is 5.92 Å². The van der Waals surface area contributed by atoms with E-state index in [2.05, 4.69) is 32.3 Å². The summed E-state index contributed by atoms with van der Waals surface area (Å²) < 4.78 is 7.68. The Bertz CT molecular complexity index is 881. The number of nitrogens with one attached hydrogen (secondary N) is 1. The minimum Gasteiger partial charge on any atom is -0.372 e. The van der Waals surface area contributed by atoms with E-state index in [1.54, 1.807) is 6.20 Å². The molecule has 1 aliphatic carbocycles. The van der Waals surface area contributed by atoms with Crippen LogP contribution in [0.1, 0.15) is 11.3 Å². The Kier molecular flexibility index (Phi) is 3.41. The Labute approximate surface area is 145 Å². The zero-order valence-corrected chi connectivity index (χ0v) is 14.1. The van der Waals surface area contributed by atoms with Crippen LogP contribution in [0.15, 0.2) is 36.4 Å². The van der Waals surface area contributed by atoms with E-state index in [1.807, 2.05) is 23.7 Å². The molecule has 0 aromatic carbocycles. The highest BCUT2D eigenvalue weighted by molar-refractivity contribution is 5.68. The molecular formula is C18H21N5O2. The number of hydrogen-bond acceptors (Lipinski definition) is 6. The monoisotopic (exact) mass is 339 g/mol. The molecule has 0 spiro atoms. The minimum absolute atomic E-state index is 0.0407. The maximum atomic E-state index is 10.4. The molecule has 0 amide bonds. The number of ether oxygens (including phenoxy) is 1. The van der Waals surface area contributed by atoms with E-state index in [4.69, 9.17) is 4.74 Å². The van der Waals surface area contributed by atoms with Crippen molar-refractivity contribution in [3.63, 3.8) is 0 Å². The van der Waals surface area contributed by atoms with Crippen molar-refractivity contribution in [1.82, 2.24) is 24.6 Å². The van der Waals surface area contributed by atoms with Crippen LogP contribution in [0.4, 0.5) is 0 Å². The van der Waals surface area contributed by atoms with E-state index < -0.39 is 6.29 Å². The van der Waals surface area contributed by atoms with Crippen molar-refractivity contribution in [2.45, 2.75) is 19.3 Å². The second-order valence-corrected chi connectivity index (χ2v) is 6.89. The second kappa shape index (κ2) is 5.66. The predicted molar refractivity (Wildman–Crippen MR) is 92.6 cm³/mol. The lowest BCUT2D eigenvalue weighted by Gasteiger charge is -2.45. The Balaban J connectivity index is 1.47. The molecule has 4 heterocycles. The molecule has 2 aromatic rings. The zero-order chi connectivity index (χ0) is 17.0. The van der Waals surface area contributed by atoms with Gasteiger partial charge in [-0.05, 0) is 18.6 Å². The van der Waals surface area contributed by atoms with Gasteiger partial charge in [-0.3, -0.25) is 4.40 Å². The van der Waals surface area contributed by atoms with Crippen molar-refractivity contribution in [2.75, 3.05) is 26.2 Å². The van der Waals surface area contributed by atoms with Crippen LogP contribution in [-0.2, 0) is 4.74 Å². The number of fused-ring (bicyclic) bond motifs is 2.